The van der Waals surface area contributed by atoms with E-state index in [0.717, 1.165) is 6.26 Å². The number of anilines is 1. The second-order valence-corrected chi connectivity index (χ2v) is 8.60. The third-order valence-electron chi connectivity index (χ3n) is 3.50. The van der Waals surface area contributed by atoms with E-state index in [1.807, 2.05) is 0 Å². The molecule has 0 radical (unpaired) electrons. The molecule has 27 heavy (non-hydrogen) atoms. The van der Waals surface area contributed by atoms with E-state index in [2.05, 4.69) is 15.5 Å². The summed E-state index contributed by atoms with van der Waals surface area (Å²) in [7, 11) is -3.28. The number of hydrogen-bond acceptors (Lipinski definition) is 6. The summed E-state index contributed by atoms with van der Waals surface area (Å²) >= 11 is 11.9. The predicted octanol–water partition coefficient (Wildman–Crippen LogP) is 3.63. The van der Waals surface area contributed by atoms with Gasteiger partial charge in [0.2, 0.25) is 11.8 Å². The first-order valence-corrected chi connectivity index (χ1v) is 10.2. The maximum absolute atomic E-state index is 12.1. The molecule has 1 aromatic heterocycles. The van der Waals surface area contributed by atoms with Crippen LogP contribution in [0.15, 0.2) is 51.8 Å². The van der Waals surface area contributed by atoms with Crippen LogP contribution in [0.3, 0.4) is 0 Å². The van der Waals surface area contributed by atoms with Crippen LogP contribution >= 0.6 is 23.2 Å². The van der Waals surface area contributed by atoms with Gasteiger partial charge >= 0.3 is 6.01 Å². The number of nitrogens with zero attached hydrogens (tertiary/aromatic N) is 2. The zero-order valence-electron chi connectivity index (χ0n) is 13.9. The lowest BCUT2D eigenvalue weighted by atomic mass is 10.1. The van der Waals surface area contributed by atoms with E-state index >= 15 is 0 Å². The zero-order chi connectivity index (χ0) is 19.6. The quantitative estimate of drug-likeness (QED) is 0.669. The summed E-state index contributed by atoms with van der Waals surface area (Å²) in [5.41, 5.74) is 1.16. The molecule has 0 saturated heterocycles. The fourth-order valence-electron chi connectivity index (χ4n) is 2.27. The van der Waals surface area contributed by atoms with Crippen LogP contribution in [-0.2, 0) is 21.1 Å². The highest BCUT2D eigenvalue weighted by molar-refractivity contribution is 7.90. The molecule has 1 heterocycles. The molecule has 10 heteroatoms. The Morgan fingerprint density at radius 1 is 1.07 bits per heavy atom. The number of rotatable bonds is 5. The van der Waals surface area contributed by atoms with E-state index in [1.165, 1.54) is 12.1 Å². The molecule has 0 saturated carbocycles. The van der Waals surface area contributed by atoms with Gasteiger partial charge < -0.3 is 4.42 Å². The first kappa shape index (κ1) is 19.3. The van der Waals surface area contributed by atoms with Crippen molar-refractivity contribution in [2.45, 2.75) is 11.3 Å². The van der Waals surface area contributed by atoms with Crippen molar-refractivity contribution >= 4 is 45.0 Å². The van der Waals surface area contributed by atoms with Crippen LogP contribution < -0.4 is 5.32 Å². The average Bonchev–Trinajstić information content (AvgIpc) is 3.02. The average molecular weight is 426 g/mol. The number of aromatic nitrogens is 2. The summed E-state index contributed by atoms with van der Waals surface area (Å²) < 4.78 is 28.3. The molecular weight excluding hydrogens is 413 g/mol. The van der Waals surface area contributed by atoms with E-state index in [4.69, 9.17) is 27.6 Å². The lowest BCUT2D eigenvalue weighted by molar-refractivity contribution is -0.115. The highest BCUT2D eigenvalue weighted by Gasteiger charge is 2.13. The van der Waals surface area contributed by atoms with Crippen molar-refractivity contribution in [2.75, 3.05) is 11.6 Å². The van der Waals surface area contributed by atoms with Crippen molar-refractivity contribution in [2.24, 2.45) is 0 Å². The molecule has 0 aliphatic rings. The number of halogens is 2. The van der Waals surface area contributed by atoms with Gasteiger partial charge in [-0.05, 0) is 35.9 Å². The second-order valence-electron chi connectivity index (χ2n) is 5.71. The van der Waals surface area contributed by atoms with Gasteiger partial charge in [-0.2, -0.15) is 0 Å². The largest absolute Gasteiger partial charge is 0.403 e. The SMILES string of the molecule is CS(=O)(=O)c1ccc(CC(=O)Nc2nnc(-c3cc(Cl)cc(Cl)c3)o2)cc1. The maximum Gasteiger partial charge on any atom is 0.322 e. The van der Waals surface area contributed by atoms with E-state index in [9.17, 15) is 13.2 Å². The predicted molar refractivity (Wildman–Crippen MR) is 102 cm³/mol. The Morgan fingerprint density at radius 3 is 2.30 bits per heavy atom. The lowest BCUT2D eigenvalue weighted by Crippen LogP contribution is -2.14. The molecular formula is C17H13Cl2N3O4S. The number of sulfone groups is 1. The van der Waals surface area contributed by atoms with Crippen LogP contribution in [0.5, 0.6) is 0 Å². The fraction of sp³-hybridized carbons (Fsp3) is 0.118. The first-order valence-electron chi connectivity index (χ1n) is 7.59. The van der Waals surface area contributed by atoms with E-state index in [0.29, 0.717) is 21.2 Å². The van der Waals surface area contributed by atoms with Crippen molar-refractivity contribution < 1.29 is 17.6 Å². The summed E-state index contributed by atoms with van der Waals surface area (Å²) in [5, 5.41) is 10.9. The number of amides is 1. The van der Waals surface area contributed by atoms with Gasteiger partial charge in [0.25, 0.3) is 0 Å². The van der Waals surface area contributed by atoms with Gasteiger partial charge in [-0.3, -0.25) is 10.1 Å². The molecule has 0 spiro atoms. The Bertz CT molecular complexity index is 1080. The molecule has 0 unspecified atom stereocenters. The van der Waals surface area contributed by atoms with Crippen molar-refractivity contribution in [3.63, 3.8) is 0 Å². The topological polar surface area (TPSA) is 102 Å². The highest BCUT2D eigenvalue weighted by atomic mass is 35.5. The third kappa shape index (κ3) is 5.06. The van der Waals surface area contributed by atoms with Crippen LogP contribution in [0.1, 0.15) is 5.56 Å². The van der Waals surface area contributed by atoms with Gasteiger partial charge in [0.05, 0.1) is 11.3 Å². The van der Waals surface area contributed by atoms with Gasteiger partial charge in [-0.1, -0.05) is 40.4 Å². The fourth-order valence-corrected chi connectivity index (χ4v) is 3.43. The van der Waals surface area contributed by atoms with E-state index < -0.39 is 9.84 Å². The van der Waals surface area contributed by atoms with Crippen molar-refractivity contribution in [3.05, 3.63) is 58.1 Å². The Morgan fingerprint density at radius 2 is 1.70 bits per heavy atom. The molecule has 0 fully saturated rings. The summed E-state index contributed by atoms with van der Waals surface area (Å²) in [6, 6.07) is 10.8. The van der Waals surface area contributed by atoms with Crippen LogP contribution in [-0.4, -0.2) is 30.8 Å². The minimum absolute atomic E-state index is 0.0186. The van der Waals surface area contributed by atoms with E-state index in [1.54, 1.807) is 30.3 Å². The third-order valence-corrected chi connectivity index (χ3v) is 5.06. The zero-order valence-corrected chi connectivity index (χ0v) is 16.3. The molecule has 0 aliphatic carbocycles. The van der Waals surface area contributed by atoms with Crippen LogP contribution in [0.2, 0.25) is 10.0 Å². The van der Waals surface area contributed by atoms with Gasteiger partial charge in [0, 0.05) is 21.9 Å². The monoisotopic (exact) mass is 425 g/mol. The maximum atomic E-state index is 12.1. The Hall–Kier alpha value is -2.42. The summed E-state index contributed by atoms with van der Waals surface area (Å²) in [6.45, 7) is 0. The normalized spacial score (nSPS) is 11.4. The Balaban J connectivity index is 1.67. The molecule has 3 aromatic rings. The van der Waals surface area contributed by atoms with Crippen molar-refractivity contribution in [1.29, 1.82) is 0 Å². The molecule has 0 atom stereocenters. The molecule has 7 nitrogen and oxygen atoms in total. The minimum Gasteiger partial charge on any atom is -0.403 e. The molecule has 140 valence electrons. The molecule has 1 N–H and O–H groups in total. The Kier molecular flexibility index (Phi) is 5.50. The smallest absolute Gasteiger partial charge is 0.322 e. The van der Waals surface area contributed by atoms with Crippen LogP contribution in [0.4, 0.5) is 6.01 Å². The minimum atomic E-state index is -3.28. The summed E-state index contributed by atoms with van der Waals surface area (Å²) in [5.74, 6) is -0.228. The molecule has 0 bridgehead atoms. The number of carbonyl (C=O) groups is 1. The number of benzene rings is 2. The Labute approximate surface area is 165 Å². The van der Waals surface area contributed by atoms with Gasteiger partial charge in [-0.15, -0.1) is 5.10 Å². The number of nitrogens with one attached hydrogen (secondary N) is 1. The lowest BCUT2D eigenvalue weighted by Gasteiger charge is -2.03. The second kappa shape index (κ2) is 7.67. The summed E-state index contributed by atoms with van der Waals surface area (Å²) in [6.07, 6.45) is 1.14. The van der Waals surface area contributed by atoms with Crippen molar-refractivity contribution in [1.82, 2.24) is 10.2 Å². The molecule has 3 rings (SSSR count). The van der Waals surface area contributed by atoms with Crippen LogP contribution in [0, 0.1) is 0 Å². The molecule has 0 aliphatic heterocycles. The molecule has 1 amide bonds. The van der Waals surface area contributed by atoms with E-state index in [-0.39, 0.29) is 29.1 Å². The van der Waals surface area contributed by atoms with Crippen molar-refractivity contribution in [3.8, 4) is 11.5 Å². The summed E-state index contributed by atoms with van der Waals surface area (Å²) in [4.78, 5) is 12.3. The number of carbonyl (C=O) groups excluding carboxylic acids is 1. The highest BCUT2D eigenvalue weighted by Crippen LogP contribution is 2.27. The standard InChI is InChI=1S/C17H13Cl2N3O4S/c1-27(24,25)14-4-2-10(3-5-14)6-15(23)20-17-22-21-16(26-17)11-7-12(18)9-13(19)8-11/h2-5,7-9H,6H2,1H3,(H,20,22,23). The van der Waals surface area contributed by atoms with Gasteiger partial charge in [-0.25, -0.2) is 8.42 Å². The first-order chi connectivity index (χ1) is 12.7. The van der Waals surface area contributed by atoms with Gasteiger partial charge in [0.15, 0.2) is 9.84 Å². The van der Waals surface area contributed by atoms with Gasteiger partial charge in [0.1, 0.15) is 0 Å². The number of hydrogen-bond donors (Lipinski definition) is 1. The van der Waals surface area contributed by atoms with Crippen LogP contribution in [0.25, 0.3) is 11.5 Å². The molecule has 2 aromatic carbocycles.